The molecule has 1 nitrogen and oxygen atoms in total. The van der Waals surface area contributed by atoms with Gasteiger partial charge in [0.15, 0.2) is 0 Å². The quantitative estimate of drug-likeness (QED) is 0.274. The SMILES string of the molecule is CCCCCC/N=C(/C)S. The third kappa shape index (κ3) is 8.02. The van der Waals surface area contributed by atoms with E-state index in [1.165, 1.54) is 25.7 Å². The predicted octanol–water partition coefficient (Wildman–Crippen LogP) is 2.91. The van der Waals surface area contributed by atoms with Crippen LogP contribution in [0.15, 0.2) is 4.99 Å². The third-order valence-electron chi connectivity index (χ3n) is 1.35. The summed E-state index contributed by atoms with van der Waals surface area (Å²) >= 11 is 4.07. The van der Waals surface area contributed by atoms with Crippen LogP contribution in [0.4, 0.5) is 0 Å². The number of unbranched alkanes of at least 4 members (excludes halogenated alkanes) is 3. The molecule has 0 spiro atoms. The number of nitrogens with zero attached hydrogens (tertiary/aromatic N) is 1. The number of thiol groups is 1. The van der Waals surface area contributed by atoms with Crippen LogP contribution in [-0.2, 0) is 0 Å². The molecule has 0 N–H and O–H groups in total. The van der Waals surface area contributed by atoms with Crippen molar-refractivity contribution in [1.82, 2.24) is 0 Å². The molecule has 0 aliphatic rings. The van der Waals surface area contributed by atoms with Gasteiger partial charge in [-0.1, -0.05) is 26.2 Å². The number of rotatable bonds is 5. The fourth-order valence-corrected chi connectivity index (χ4v) is 0.879. The second-order valence-electron chi connectivity index (χ2n) is 2.49. The topological polar surface area (TPSA) is 12.4 Å². The molecular weight excluding hydrogens is 142 g/mol. The third-order valence-corrected chi connectivity index (χ3v) is 1.49. The first-order valence-corrected chi connectivity index (χ1v) is 4.42. The standard InChI is InChI=1S/C8H17NS/c1-3-4-5-6-7-9-8(2)10/h3-7H2,1-2H3,(H,9,10). The average Bonchev–Trinajstić information content (AvgIpc) is 1.87. The molecule has 0 heterocycles. The zero-order chi connectivity index (χ0) is 7.82. The minimum atomic E-state index is 0.900. The molecule has 2 heteroatoms. The normalized spacial score (nSPS) is 12.1. The molecule has 0 bridgehead atoms. The molecule has 0 saturated carbocycles. The van der Waals surface area contributed by atoms with Gasteiger partial charge in [-0.15, -0.1) is 12.6 Å². The minimum Gasteiger partial charge on any atom is -0.283 e. The molecule has 0 atom stereocenters. The second-order valence-corrected chi connectivity index (χ2v) is 3.14. The molecule has 0 aromatic rings. The van der Waals surface area contributed by atoms with Gasteiger partial charge in [0.1, 0.15) is 0 Å². The lowest BCUT2D eigenvalue weighted by Gasteiger charge is -1.94. The van der Waals surface area contributed by atoms with Gasteiger partial charge in [-0.2, -0.15) is 0 Å². The maximum absolute atomic E-state index is 4.18. The first-order chi connectivity index (χ1) is 4.77. The van der Waals surface area contributed by atoms with Crippen molar-refractivity contribution in [2.75, 3.05) is 6.54 Å². The summed E-state index contributed by atoms with van der Waals surface area (Å²) in [5.74, 6) is 0. The lowest BCUT2D eigenvalue weighted by molar-refractivity contribution is 0.675. The predicted molar refractivity (Wildman–Crippen MR) is 51.1 cm³/mol. The lowest BCUT2D eigenvalue weighted by Crippen LogP contribution is -1.84. The molecule has 10 heavy (non-hydrogen) atoms. The summed E-state index contributed by atoms with van der Waals surface area (Å²) in [6.07, 6.45) is 5.15. The number of hydrogen-bond acceptors (Lipinski definition) is 1. The van der Waals surface area contributed by atoms with E-state index in [0.29, 0.717) is 0 Å². The van der Waals surface area contributed by atoms with Crippen molar-refractivity contribution in [3.05, 3.63) is 0 Å². The van der Waals surface area contributed by atoms with E-state index in [1.807, 2.05) is 6.92 Å². The highest BCUT2D eigenvalue weighted by Gasteiger charge is 1.85. The highest BCUT2D eigenvalue weighted by molar-refractivity contribution is 7.96. The Morgan fingerprint density at radius 2 is 2.00 bits per heavy atom. The lowest BCUT2D eigenvalue weighted by atomic mass is 10.2. The van der Waals surface area contributed by atoms with Gasteiger partial charge in [0.05, 0.1) is 5.04 Å². The molecule has 0 aliphatic carbocycles. The summed E-state index contributed by atoms with van der Waals surface area (Å²) < 4.78 is 0. The summed E-state index contributed by atoms with van der Waals surface area (Å²) in [6, 6.07) is 0. The Bertz CT molecular complexity index is 95.4. The Morgan fingerprint density at radius 1 is 1.30 bits per heavy atom. The van der Waals surface area contributed by atoms with E-state index in [9.17, 15) is 0 Å². The molecule has 0 saturated heterocycles. The molecule has 0 amide bonds. The summed E-state index contributed by atoms with van der Waals surface area (Å²) in [7, 11) is 0. The molecule has 0 unspecified atom stereocenters. The van der Waals surface area contributed by atoms with E-state index in [2.05, 4.69) is 24.5 Å². The molecule has 0 rings (SSSR count). The van der Waals surface area contributed by atoms with Crippen molar-refractivity contribution < 1.29 is 0 Å². The molecule has 0 aromatic heterocycles. The Labute approximate surface area is 69.3 Å². The van der Waals surface area contributed by atoms with Crippen LogP contribution in [0.1, 0.15) is 39.5 Å². The van der Waals surface area contributed by atoms with Crippen molar-refractivity contribution >= 4 is 17.7 Å². The molecular formula is C8H17NS. The van der Waals surface area contributed by atoms with Gasteiger partial charge in [0, 0.05) is 6.54 Å². The van der Waals surface area contributed by atoms with Gasteiger partial charge in [-0.05, 0) is 13.3 Å². The van der Waals surface area contributed by atoms with Crippen molar-refractivity contribution in [2.24, 2.45) is 4.99 Å². The van der Waals surface area contributed by atoms with Crippen LogP contribution in [0.3, 0.4) is 0 Å². The van der Waals surface area contributed by atoms with Gasteiger partial charge in [0.2, 0.25) is 0 Å². The highest BCUT2D eigenvalue weighted by atomic mass is 32.1. The zero-order valence-electron chi connectivity index (χ0n) is 6.93. The van der Waals surface area contributed by atoms with Crippen LogP contribution in [0.5, 0.6) is 0 Å². The van der Waals surface area contributed by atoms with Gasteiger partial charge in [0.25, 0.3) is 0 Å². The molecule has 0 fully saturated rings. The van der Waals surface area contributed by atoms with E-state index >= 15 is 0 Å². The van der Waals surface area contributed by atoms with Crippen LogP contribution < -0.4 is 0 Å². The molecule has 60 valence electrons. The Morgan fingerprint density at radius 3 is 2.50 bits per heavy atom. The van der Waals surface area contributed by atoms with Crippen LogP contribution in [-0.4, -0.2) is 11.6 Å². The van der Waals surface area contributed by atoms with E-state index in [0.717, 1.165) is 11.6 Å². The first kappa shape index (κ1) is 10.0. The van der Waals surface area contributed by atoms with Gasteiger partial charge in [-0.25, -0.2) is 0 Å². The van der Waals surface area contributed by atoms with E-state index in [-0.39, 0.29) is 0 Å². The summed E-state index contributed by atoms with van der Waals surface area (Å²) in [5, 5.41) is 0.900. The number of hydrogen-bond donors (Lipinski definition) is 1. The Balaban J connectivity index is 2.98. The van der Waals surface area contributed by atoms with Gasteiger partial charge >= 0.3 is 0 Å². The van der Waals surface area contributed by atoms with Crippen LogP contribution in [0.2, 0.25) is 0 Å². The monoisotopic (exact) mass is 159 g/mol. The van der Waals surface area contributed by atoms with Crippen LogP contribution >= 0.6 is 12.6 Å². The fraction of sp³-hybridized carbons (Fsp3) is 0.875. The summed E-state index contributed by atoms with van der Waals surface area (Å²) in [5.41, 5.74) is 0. The summed E-state index contributed by atoms with van der Waals surface area (Å²) in [6.45, 7) is 5.09. The van der Waals surface area contributed by atoms with Crippen molar-refractivity contribution in [2.45, 2.75) is 39.5 Å². The fourth-order valence-electron chi connectivity index (χ4n) is 0.779. The van der Waals surface area contributed by atoms with Gasteiger partial charge in [-0.3, -0.25) is 4.99 Å². The Hall–Kier alpha value is 0.0200. The smallest absolute Gasteiger partial charge is 0.0614 e. The van der Waals surface area contributed by atoms with Crippen LogP contribution in [0, 0.1) is 0 Å². The van der Waals surface area contributed by atoms with Crippen molar-refractivity contribution in [1.29, 1.82) is 0 Å². The minimum absolute atomic E-state index is 0.900. The van der Waals surface area contributed by atoms with E-state index in [4.69, 9.17) is 0 Å². The van der Waals surface area contributed by atoms with Crippen molar-refractivity contribution in [3.63, 3.8) is 0 Å². The summed E-state index contributed by atoms with van der Waals surface area (Å²) in [4.78, 5) is 4.18. The maximum Gasteiger partial charge on any atom is 0.0614 e. The van der Waals surface area contributed by atoms with Gasteiger partial charge < -0.3 is 0 Å². The maximum atomic E-state index is 4.18. The average molecular weight is 159 g/mol. The number of aliphatic imine (C=N–C) groups is 1. The van der Waals surface area contributed by atoms with Crippen molar-refractivity contribution in [3.8, 4) is 0 Å². The molecule has 0 radical (unpaired) electrons. The molecule has 0 aliphatic heterocycles. The zero-order valence-corrected chi connectivity index (χ0v) is 7.82. The molecule has 0 aromatic carbocycles. The second kappa shape index (κ2) is 7.13. The first-order valence-electron chi connectivity index (χ1n) is 3.97. The largest absolute Gasteiger partial charge is 0.283 e. The van der Waals surface area contributed by atoms with E-state index < -0.39 is 0 Å². The van der Waals surface area contributed by atoms with E-state index in [1.54, 1.807) is 0 Å². The highest BCUT2D eigenvalue weighted by Crippen LogP contribution is 1.98. The van der Waals surface area contributed by atoms with Crippen LogP contribution in [0.25, 0.3) is 0 Å². The Kier molecular flexibility index (Phi) is 7.15.